The number of hydrogen-bond acceptors (Lipinski definition) is 3. The number of hydrogen-bond donors (Lipinski definition) is 1. The second kappa shape index (κ2) is 4.59. The number of aryl methyl sites for hydroxylation is 1. The topological polar surface area (TPSA) is 53.1 Å². The van der Waals surface area contributed by atoms with E-state index < -0.39 is 0 Å². The Balaban J connectivity index is 2.33. The van der Waals surface area contributed by atoms with Gasteiger partial charge >= 0.3 is 0 Å². The van der Waals surface area contributed by atoms with Crippen LogP contribution in [0.5, 0.6) is 0 Å². The Labute approximate surface area is 92.8 Å². The summed E-state index contributed by atoms with van der Waals surface area (Å²) in [7, 11) is 1.84. The molecule has 0 amide bonds. The fourth-order valence-corrected chi connectivity index (χ4v) is 1.60. The number of fused-ring (bicyclic) bond motifs is 1. The van der Waals surface area contributed by atoms with Crippen molar-refractivity contribution in [3.8, 4) is 0 Å². The van der Waals surface area contributed by atoms with Gasteiger partial charge in [0.25, 0.3) is 0 Å². The summed E-state index contributed by atoms with van der Waals surface area (Å²) in [5.41, 5.74) is 6.47. The van der Waals surface area contributed by atoms with Gasteiger partial charge in [-0.2, -0.15) is 0 Å². The van der Waals surface area contributed by atoms with Crippen molar-refractivity contribution in [2.75, 3.05) is 13.2 Å². The van der Waals surface area contributed by atoms with Crippen LogP contribution in [0.4, 0.5) is 4.39 Å². The number of nitrogens with two attached hydrogens (primary N) is 1. The molecule has 0 atom stereocenters. The average Bonchev–Trinajstić information content (AvgIpc) is 2.59. The third-order valence-corrected chi connectivity index (χ3v) is 2.45. The highest BCUT2D eigenvalue weighted by Gasteiger charge is 2.10. The lowest BCUT2D eigenvalue weighted by atomic mass is 10.3. The minimum atomic E-state index is -0.307. The van der Waals surface area contributed by atoms with Gasteiger partial charge in [0.15, 0.2) is 5.82 Å². The van der Waals surface area contributed by atoms with Gasteiger partial charge in [-0.15, -0.1) is 0 Å². The molecule has 0 radical (unpaired) electrons. The normalized spacial score (nSPS) is 11.2. The third-order valence-electron chi connectivity index (χ3n) is 2.45. The smallest absolute Gasteiger partial charge is 0.151 e. The Kier molecular flexibility index (Phi) is 3.17. The maximum atomic E-state index is 13.4. The molecule has 1 aromatic carbocycles. The second-order valence-electron chi connectivity index (χ2n) is 3.54. The van der Waals surface area contributed by atoms with Crippen LogP contribution in [0.2, 0.25) is 0 Å². The molecule has 0 bridgehead atoms. The Hall–Kier alpha value is -1.46. The molecule has 2 N–H and O–H groups in total. The molecule has 2 aromatic rings. The lowest BCUT2D eigenvalue weighted by Crippen LogP contribution is -2.10. The fraction of sp³-hybridized carbons (Fsp3) is 0.364. The molecule has 1 heterocycles. The molecular weight excluding hydrogens is 209 g/mol. The largest absolute Gasteiger partial charge is 0.372 e. The molecule has 16 heavy (non-hydrogen) atoms. The van der Waals surface area contributed by atoms with E-state index in [-0.39, 0.29) is 5.82 Å². The van der Waals surface area contributed by atoms with E-state index in [4.69, 9.17) is 10.5 Å². The van der Waals surface area contributed by atoms with Gasteiger partial charge < -0.3 is 15.0 Å². The predicted octanol–water partition coefficient (Wildman–Crippen LogP) is 1.19. The van der Waals surface area contributed by atoms with E-state index in [0.717, 1.165) is 5.52 Å². The van der Waals surface area contributed by atoms with Crippen LogP contribution in [0.3, 0.4) is 0 Å². The first kappa shape index (κ1) is 11.0. The number of halogens is 1. The van der Waals surface area contributed by atoms with Crippen LogP contribution >= 0.6 is 0 Å². The van der Waals surface area contributed by atoms with Crippen LogP contribution in [0.25, 0.3) is 11.0 Å². The Bertz CT molecular complexity index is 495. The van der Waals surface area contributed by atoms with Crippen molar-refractivity contribution >= 4 is 11.0 Å². The summed E-state index contributed by atoms with van der Waals surface area (Å²) >= 11 is 0. The van der Waals surface area contributed by atoms with E-state index in [1.165, 1.54) is 6.07 Å². The van der Waals surface area contributed by atoms with Crippen molar-refractivity contribution in [2.24, 2.45) is 12.8 Å². The highest BCUT2D eigenvalue weighted by molar-refractivity contribution is 5.76. The second-order valence-corrected chi connectivity index (χ2v) is 3.54. The van der Waals surface area contributed by atoms with E-state index in [9.17, 15) is 4.39 Å². The van der Waals surface area contributed by atoms with Crippen LogP contribution in [-0.2, 0) is 18.4 Å². The molecule has 0 fully saturated rings. The summed E-state index contributed by atoms with van der Waals surface area (Å²) in [6.45, 7) is 1.30. The number of rotatable bonds is 4. The molecule has 86 valence electrons. The lowest BCUT2D eigenvalue weighted by Gasteiger charge is -2.02. The summed E-state index contributed by atoms with van der Waals surface area (Å²) in [6.07, 6.45) is 0. The van der Waals surface area contributed by atoms with Crippen LogP contribution < -0.4 is 5.73 Å². The summed E-state index contributed by atoms with van der Waals surface area (Å²) in [6, 6.07) is 4.90. The van der Waals surface area contributed by atoms with E-state index in [0.29, 0.717) is 31.1 Å². The Morgan fingerprint density at radius 2 is 2.31 bits per heavy atom. The van der Waals surface area contributed by atoms with Crippen molar-refractivity contribution in [3.63, 3.8) is 0 Å². The van der Waals surface area contributed by atoms with Crippen LogP contribution in [-0.4, -0.2) is 22.7 Å². The minimum Gasteiger partial charge on any atom is -0.372 e. The molecule has 0 aliphatic rings. The molecule has 5 heteroatoms. The van der Waals surface area contributed by atoms with E-state index in [2.05, 4.69) is 4.98 Å². The van der Waals surface area contributed by atoms with Crippen LogP contribution in [0, 0.1) is 5.82 Å². The van der Waals surface area contributed by atoms with Gasteiger partial charge in [0.2, 0.25) is 0 Å². The first-order valence-electron chi connectivity index (χ1n) is 5.11. The van der Waals surface area contributed by atoms with Crippen LogP contribution in [0.1, 0.15) is 5.82 Å². The summed E-state index contributed by atoms with van der Waals surface area (Å²) in [5.74, 6) is 0.395. The predicted molar refractivity (Wildman–Crippen MR) is 59.4 cm³/mol. The van der Waals surface area contributed by atoms with Gasteiger partial charge in [0.05, 0.1) is 12.1 Å². The summed E-state index contributed by atoms with van der Waals surface area (Å²) in [5, 5.41) is 0. The SMILES string of the molecule is Cn1c(COCCN)nc2c(F)cccc21. The van der Waals surface area contributed by atoms with Gasteiger partial charge in [-0.1, -0.05) is 6.07 Å². The zero-order valence-electron chi connectivity index (χ0n) is 9.11. The van der Waals surface area contributed by atoms with E-state index in [1.807, 2.05) is 17.7 Å². The number of benzene rings is 1. The van der Waals surface area contributed by atoms with Crippen molar-refractivity contribution in [2.45, 2.75) is 6.61 Å². The maximum Gasteiger partial charge on any atom is 0.151 e. The van der Waals surface area contributed by atoms with Crippen molar-refractivity contribution in [1.82, 2.24) is 9.55 Å². The monoisotopic (exact) mass is 223 g/mol. The quantitative estimate of drug-likeness (QED) is 0.792. The molecule has 1 aromatic heterocycles. The number of nitrogens with zero attached hydrogens (tertiary/aromatic N) is 2. The zero-order chi connectivity index (χ0) is 11.5. The van der Waals surface area contributed by atoms with E-state index in [1.54, 1.807) is 6.07 Å². The summed E-state index contributed by atoms with van der Waals surface area (Å²) < 4.78 is 20.5. The standard InChI is InChI=1S/C11H14FN3O/c1-15-9-4-2-3-8(12)11(9)14-10(15)7-16-6-5-13/h2-4H,5-7,13H2,1H3. The molecule has 0 spiro atoms. The van der Waals surface area contributed by atoms with Gasteiger partial charge in [-0.05, 0) is 12.1 Å². The Morgan fingerprint density at radius 3 is 3.00 bits per heavy atom. The van der Waals surface area contributed by atoms with Gasteiger partial charge in [0, 0.05) is 13.6 Å². The molecule has 0 unspecified atom stereocenters. The molecule has 0 aliphatic carbocycles. The molecule has 0 saturated carbocycles. The molecule has 2 rings (SSSR count). The number of imidazole rings is 1. The Morgan fingerprint density at radius 1 is 1.50 bits per heavy atom. The summed E-state index contributed by atoms with van der Waals surface area (Å²) in [4.78, 5) is 4.21. The van der Waals surface area contributed by atoms with Gasteiger partial charge in [-0.25, -0.2) is 9.37 Å². The first-order chi connectivity index (χ1) is 7.74. The highest BCUT2D eigenvalue weighted by Crippen LogP contribution is 2.18. The van der Waals surface area contributed by atoms with Crippen molar-refractivity contribution in [1.29, 1.82) is 0 Å². The minimum absolute atomic E-state index is 0.307. The lowest BCUT2D eigenvalue weighted by molar-refractivity contribution is 0.121. The highest BCUT2D eigenvalue weighted by atomic mass is 19.1. The molecule has 0 aliphatic heterocycles. The molecule has 4 nitrogen and oxygen atoms in total. The zero-order valence-corrected chi connectivity index (χ0v) is 9.11. The number of aromatic nitrogens is 2. The van der Waals surface area contributed by atoms with Gasteiger partial charge in [-0.3, -0.25) is 0 Å². The maximum absolute atomic E-state index is 13.4. The third kappa shape index (κ3) is 1.91. The molecular formula is C11H14FN3O. The average molecular weight is 223 g/mol. The van der Waals surface area contributed by atoms with Gasteiger partial charge in [0.1, 0.15) is 17.9 Å². The molecule has 0 saturated heterocycles. The van der Waals surface area contributed by atoms with E-state index >= 15 is 0 Å². The first-order valence-corrected chi connectivity index (χ1v) is 5.11. The number of ether oxygens (including phenoxy) is 1. The fourth-order valence-electron chi connectivity index (χ4n) is 1.60. The number of para-hydroxylation sites is 1. The van der Waals surface area contributed by atoms with Crippen LogP contribution in [0.15, 0.2) is 18.2 Å². The van der Waals surface area contributed by atoms with Crippen molar-refractivity contribution in [3.05, 3.63) is 29.8 Å². The van der Waals surface area contributed by atoms with Crippen molar-refractivity contribution < 1.29 is 9.13 Å².